The van der Waals surface area contributed by atoms with Crippen molar-refractivity contribution in [3.05, 3.63) is 120 Å². The second-order valence-corrected chi connectivity index (χ2v) is 11.6. The SMILES string of the molecule is CN1c2ccc(-c3ccccc3)nc2N(c2ccc(CN3CCC(Nc4cccc(C#N)n4)CC3)cc2)C1c1cccnc1N. The van der Waals surface area contributed by atoms with Crippen molar-refractivity contribution in [1.29, 1.82) is 5.26 Å². The predicted octanol–water partition coefficient (Wildman–Crippen LogP) is 6.36. The summed E-state index contributed by atoms with van der Waals surface area (Å²) in [6.07, 6.45) is 3.59. The van der Waals surface area contributed by atoms with E-state index in [-0.39, 0.29) is 6.17 Å². The molecule has 1 saturated heterocycles. The molecule has 9 nitrogen and oxygen atoms in total. The van der Waals surface area contributed by atoms with Crippen molar-refractivity contribution >= 4 is 28.8 Å². The summed E-state index contributed by atoms with van der Waals surface area (Å²) in [6.45, 7) is 2.88. The first-order chi connectivity index (χ1) is 22.1. The lowest BCUT2D eigenvalue weighted by Gasteiger charge is -2.33. The molecule has 3 aromatic heterocycles. The Hall–Kier alpha value is -5.46. The summed E-state index contributed by atoms with van der Waals surface area (Å²) in [5, 5.41) is 12.7. The number of benzene rings is 2. The van der Waals surface area contributed by atoms with Crippen LogP contribution in [0.4, 0.5) is 28.8 Å². The maximum atomic E-state index is 9.14. The molecule has 9 heteroatoms. The monoisotopic (exact) mass is 593 g/mol. The van der Waals surface area contributed by atoms with Crippen LogP contribution in [0.15, 0.2) is 103 Å². The smallest absolute Gasteiger partial charge is 0.159 e. The Morgan fingerprint density at radius 3 is 2.44 bits per heavy atom. The number of nitriles is 1. The lowest BCUT2D eigenvalue weighted by Crippen LogP contribution is -2.38. The van der Waals surface area contributed by atoms with Crippen molar-refractivity contribution in [2.75, 3.05) is 41.0 Å². The molecule has 3 N–H and O–H groups in total. The van der Waals surface area contributed by atoms with Crippen molar-refractivity contribution in [2.24, 2.45) is 0 Å². The van der Waals surface area contributed by atoms with Gasteiger partial charge in [0, 0.05) is 55.7 Å². The third-order valence-corrected chi connectivity index (χ3v) is 8.72. The lowest BCUT2D eigenvalue weighted by atomic mass is 10.0. The van der Waals surface area contributed by atoms with E-state index in [2.05, 4.69) is 91.6 Å². The largest absolute Gasteiger partial charge is 0.383 e. The van der Waals surface area contributed by atoms with Crippen LogP contribution in [0, 0.1) is 11.3 Å². The zero-order chi connectivity index (χ0) is 30.8. The average molecular weight is 594 g/mol. The minimum Gasteiger partial charge on any atom is -0.383 e. The summed E-state index contributed by atoms with van der Waals surface area (Å²) in [6, 6.07) is 35.3. The molecule has 5 aromatic rings. The normalized spacial score (nSPS) is 16.8. The number of rotatable bonds is 7. The van der Waals surface area contributed by atoms with Crippen molar-refractivity contribution in [3.63, 3.8) is 0 Å². The molecule has 0 aliphatic carbocycles. The fraction of sp³-hybridized carbons (Fsp3) is 0.222. The van der Waals surface area contributed by atoms with Crippen molar-refractivity contribution in [2.45, 2.75) is 31.6 Å². The van der Waals surface area contributed by atoms with E-state index in [0.717, 1.165) is 72.3 Å². The average Bonchev–Trinajstić information content (AvgIpc) is 3.37. The fourth-order valence-corrected chi connectivity index (χ4v) is 6.39. The van der Waals surface area contributed by atoms with Crippen LogP contribution < -0.4 is 20.9 Å². The van der Waals surface area contributed by atoms with Gasteiger partial charge in [-0.15, -0.1) is 0 Å². The van der Waals surface area contributed by atoms with Crippen LogP contribution in [0.5, 0.6) is 0 Å². The van der Waals surface area contributed by atoms with Gasteiger partial charge >= 0.3 is 0 Å². The molecule has 5 heterocycles. The molecule has 7 rings (SSSR count). The molecule has 1 atom stereocenters. The maximum absolute atomic E-state index is 9.14. The molecule has 0 saturated carbocycles. The quantitative estimate of drug-likeness (QED) is 0.223. The number of likely N-dealkylation sites (tertiary alicyclic amines) is 1. The molecule has 1 unspecified atom stereocenters. The zero-order valence-corrected chi connectivity index (χ0v) is 25.2. The van der Waals surface area contributed by atoms with Gasteiger partial charge < -0.3 is 16.0 Å². The molecule has 0 spiro atoms. The summed E-state index contributed by atoms with van der Waals surface area (Å²) in [5.74, 6) is 2.18. The first-order valence-electron chi connectivity index (χ1n) is 15.3. The van der Waals surface area contributed by atoms with Crippen LogP contribution >= 0.6 is 0 Å². The number of hydrogen-bond acceptors (Lipinski definition) is 9. The summed E-state index contributed by atoms with van der Waals surface area (Å²) < 4.78 is 0. The summed E-state index contributed by atoms with van der Waals surface area (Å²) >= 11 is 0. The lowest BCUT2D eigenvalue weighted by molar-refractivity contribution is 0.211. The van der Waals surface area contributed by atoms with Crippen LogP contribution in [-0.2, 0) is 6.54 Å². The van der Waals surface area contributed by atoms with Gasteiger partial charge in [0.15, 0.2) is 5.82 Å². The second-order valence-electron chi connectivity index (χ2n) is 11.6. The minimum absolute atomic E-state index is 0.187. The molecule has 224 valence electrons. The first kappa shape index (κ1) is 28.3. The van der Waals surface area contributed by atoms with E-state index in [1.54, 1.807) is 12.3 Å². The molecular formula is C36H35N9. The van der Waals surface area contributed by atoms with E-state index < -0.39 is 0 Å². The van der Waals surface area contributed by atoms with Crippen LogP contribution in [0.2, 0.25) is 0 Å². The van der Waals surface area contributed by atoms with Gasteiger partial charge in [-0.05, 0) is 66.9 Å². The Morgan fingerprint density at radius 1 is 0.889 bits per heavy atom. The molecule has 45 heavy (non-hydrogen) atoms. The zero-order valence-electron chi connectivity index (χ0n) is 25.2. The Bertz CT molecular complexity index is 1830. The number of hydrogen-bond donors (Lipinski definition) is 2. The standard InChI is InChI=1S/C36H35N9/c1-43-32-17-16-31(26-7-3-2-4-8-26)42-35(32)45(36(43)30-10-6-20-39-34(30)38)29-14-12-25(13-15-29)24-44-21-18-27(19-22-44)40-33-11-5-9-28(23-37)41-33/h2-17,20,27,36H,18-19,21-22,24H2,1H3,(H2,38,39)(H,40,41). The van der Waals surface area contributed by atoms with Gasteiger partial charge in [0.25, 0.3) is 0 Å². The predicted molar refractivity (Wildman–Crippen MR) is 179 cm³/mol. The highest BCUT2D eigenvalue weighted by Crippen LogP contribution is 2.49. The Kier molecular flexibility index (Phi) is 7.72. The molecular weight excluding hydrogens is 558 g/mol. The van der Waals surface area contributed by atoms with Gasteiger partial charge in [-0.3, -0.25) is 9.80 Å². The Morgan fingerprint density at radius 2 is 1.69 bits per heavy atom. The Balaban J connectivity index is 1.10. The Labute approximate surface area is 263 Å². The van der Waals surface area contributed by atoms with Gasteiger partial charge in [-0.25, -0.2) is 15.0 Å². The highest BCUT2D eigenvalue weighted by atomic mass is 15.4. The van der Waals surface area contributed by atoms with Crippen molar-refractivity contribution < 1.29 is 0 Å². The number of aromatic nitrogens is 3. The molecule has 0 bridgehead atoms. The van der Waals surface area contributed by atoms with Crippen molar-refractivity contribution in [1.82, 2.24) is 19.9 Å². The number of pyridine rings is 3. The van der Waals surface area contributed by atoms with E-state index in [9.17, 15) is 0 Å². The maximum Gasteiger partial charge on any atom is 0.159 e. The third-order valence-electron chi connectivity index (χ3n) is 8.72. The number of nitrogens with zero attached hydrogens (tertiary/aromatic N) is 7. The number of piperidine rings is 1. The van der Waals surface area contributed by atoms with Crippen LogP contribution in [0.1, 0.15) is 35.8 Å². The van der Waals surface area contributed by atoms with Gasteiger partial charge in [-0.1, -0.05) is 48.5 Å². The molecule has 2 aliphatic heterocycles. The van der Waals surface area contributed by atoms with Crippen LogP contribution in [-0.4, -0.2) is 46.0 Å². The number of anilines is 5. The van der Waals surface area contributed by atoms with Crippen LogP contribution in [0.25, 0.3) is 11.3 Å². The van der Waals surface area contributed by atoms with Crippen molar-refractivity contribution in [3.8, 4) is 17.3 Å². The van der Waals surface area contributed by atoms with E-state index >= 15 is 0 Å². The third kappa shape index (κ3) is 5.76. The van der Waals surface area contributed by atoms with Crippen LogP contribution in [0.3, 0.4) is 0 Å². The number of nitrogens with two attached hydrogens (primary N) is 1. The van der Waals surface area contributed by atoms with E-state index in [1.165, 1.54) is 5.56 Å². The minimum atomic E-state index is -0.187. The molecule has 0 amide bonds. The highest BCUT2D eigenvalue weighted by molar-refractivity contribution is 5.84. The van der Waals surface area contributed by atoms with E-state index in [4.69, 9.17) is 16.0 Å². The second kappa shape index (κ2) is 12.3. The van der Waals surface area contributed by atoms with Gasteiger partial charge in [0.1, 0.15) is 29.6 Å². The number of nitrogen functional groups attached to an aromatic ring is 1. The fourth-order valence-electron chi connectivity index (χ4n) is 6.39. The molecule has 2 aliphatic rings. The first-order valence-corrected chi connectivity index (χ1v) is 15.3. The summed E-state index contributed by atoms with van der Waals surface area (Å²) in [5.41, 5.74) is 13.2. The van der Waals surface area contributed by atoms with E-state index in [1.807, 2.05) is 42.5 Å². The number of fused-ring (bicyclic) bond motifs is 1. The topological polar surface area (TPSA) is 110 Å². The molecule has 1 fully saturated rings. The summed E-state index contributed by atoms with van der Waals surface area (Å²) in [7, 11) is 2.09. The van der Waals surface area contributed by atoms with Gasteiger partial charge in [0.2, 0.25) is 0 Å². The van der Waals surface area contributed by atoms with Gasteiger partial charge in [-0.2, -0.15) is 5.26 Å². The molecule has 2 aromatic carbocycles. The van der Waals surface area contributed by atoms with E-state index in [0.29, 0.717) is 17.6 Å². The molecule has 0 radical (unpaired) electrons. The van der Waals surface area contributed by atoms with Gasteiger partial charge in [0.05, 0.1) is 11.4 Å². The summed E-state index contributed by atoms with van der Waals surface area (Å²) in [4.78, 5) is 21.0. The highest BCUT2D eigenvalue weighted by Gasteiger charge is 2.38. The number of nitrogens with one attached hydrogen (secondary N) is 1.